The number of carbonyl (C=O) groups excluding carboxylic acids is 2. The molecule has 8 heteroatoms. The molecule has 1 N–H and O–H groups in total. The molecule has 0 aromatic heterocycles. The van der Waals surface area contributed by atoms with Crippen LogP contribution in [0, 0.1) is 0 Å². The van der Waals surface area contributed by atoms with Gasteiger partial charge in [-0.05, 0) is 50.0 Å². The highest BCUT2D eigenvalue weighted by Crippen LogP contribution is 2.41. The summed E-state index contributed by atoms with van der Waals surface area (Å²) in [4.78, 5) is 29.3. The number of nitrogens with zero attached hydrogens (tertiary/aromatic N) is 2. The van der Waals surface area contributed by atoms with Gasteiger partial charge in [-0.1, -0.05) is 28.1 Å². The number of ketones is 1. The monoisotopic (exact) mass is 472 g/mol. The molecule has 1 amide bonds. The molecule has 0 spiro atoms. The normalized spacial score (nSPS) is 19.7. The topological polar surface area (TPSA) is 79.3 Å². The Kier molecular flexibility index (Phi) is 5.53. The molecule has 4 rings (SSSR count). The second kappa shape index (κ2) is 8.12. The minimum atomic E-state index is -0.700. The van der Waals surface area contributed by atoms with Crippen LogP contribution in [0.2, 0.25) is 0 Å². The molecule has 2 aromatic carbocycles. The number of ether oxygens (including phenoxy) is 2. The first-order chi connectivity index (χ1) is 14.4. The lowest BCUT2D eigenvalue weighted by Crippen LogP contribution is -2.35. The molecule has 1 fully saturated rings. The second-order valence-electron chi connectivity index (χ2n) is 7.42. The van der Waals surface area contributed by atoms with Crippen molar-refractivity contribution in [3.8, 4) is 11.5 Å². The van der Waals surface area contributed by atoms with Crippen molar-refractivity contribution in [1.29, 1.82) is 0 Å². The molecule has 1 saturated heterocycles. The van der Waals surface area contributed by atoms with Crippen LogP contribution in [0.5, 0.6) is 11.5 Å². The summed E-state index contributed by atoms with van der Waals surface area (Å²) in [6.07, 6.45) is 0. The Morgan fingerprint density at radius 3 is 2.67 bits per heavy atom. The van der Waals surface area contributed by atoms with Crippen LogP contribution in [0.4, 0.5) is 0 Å². The van der Waals surface area contributed by atoms with Crippen molar-refractivity contribution in [2.45, 2.75) is 6.04 Å². The highest BCUT2D eigenvalue weighted by molar-refractivity contribution is 9.10. The smallest absolute Gasteiger partial charge is 0.295 e. The van der Waals surface area contributed by atoms with Crippen LogP contribution >= 0.6 is 15.9 Å². The van der Waals surface area contributed by atoms with E-state index in [1.165, 1.54) is 4.90 Å². The first-order valence-electron chi connectivity index (χ1n) is 9.45. The van der Waals surface area contributed by atoms with Crippen molar-refractivity contribution in [3.05, 3.63) is 63.6 Å². The van der Waals surface area contributed by atoms with E-state index >= 15 is 0 Å². The zero-order chi connectivity index (χ0) is 21.4. The molecule has 0 unspecified atom stereocenters. The maximum Gasteiger partial charge on any atom is 0.295 e. The Bertz CT molecular complexity index is 1050. The highest BCUT2D eigenvalue weighted by atomic mass is 79.9. The van der Waals surface area contributed by atoms with Crippen molar-refractivity contribution < 1.29 is 24.2 Å². The summed E-state index contributed by atoms with van der Waals surface area (Å²) in [6.45, 7) is 1.04. The van der Waals surface area contributed by atoms with Crippen molar-refractivity contribution in [2.24, 2.45) is 0 Å². The molecule has 2 aliphatic heterocycles. The zero-order valence-electron chi connectivity index (χ0n) is 16.6. The zero-order valence-corrected chi connectivity index (χ0v) is 18.2. The van der Waals surface area contributed by atoms with Crippen LogP contribution in [-0.2, 0) is 9.59 Å². The van der Waals surface area contributed by atoms with Gasteiger partial charge in [0.05, 0.1) is 11.6 Å². The SMILES string of the molecule is CN(C)CCN1C(=O)C(=O)C(=C(O)c2ccc3c(c2)OCO3)[C@H]1c1cccc(Br)c1. The van der Waals surface area contributed by atoms with Gasteiger partial charge in [0.2, 0.25) is 6.79 Å². The number of Topliss-reactive ketones (excluding diaryl/α,β-unsaturated/α-hetero) is 1. The lowest BCUT2D eigenvalue weighted by Gasteiger charge is -2.26. The van der Waals surface area contributed by atoms with E-state index in [0.717, 1.165) is 10.0 Å². The number of likely N-dealkylation sites (N-methyl/N-ethyl adjacent to an activating group) is 1. The number of amides is 1. The van der Waals surface area contributed by atoms with E-state index in [4.69, 9.17) is 9.47 Å². The molecule has 2 heterocycles. The average molecular weight is 473 g/mol. The number of benzene rings is 2. The number of hydrogen-bond donors (Lipinski definition) is 1. The molecule has 156 valence electrons. The fourth-order valence-electron chi connectivity index (χ4n) is 3.64. The largest absolute Gasteiger partial charge is 0.507 e. The molecule has 0 aliphatic carbocycles. The van der Waals surface area contributed by atoms with E-state index in [1.807, 2.05) is 43.3 Å². The molecule has 0 radical (unpaired) electrons. The van der Waals surface area contributed by atoms with Crippen LogP contribution in [-0.4, -0.2) is 60.6 Å². The van der Waals surface area contributed by atoms with Gasteiger partial charge in [-0.15, -0.1) is 0 Å². The maximum atomic E-state index is 13.0. The lowest BCUT2D eigenvalue weighted by molar-refractivity contribution is -0.140. The third kappa shape index (κ3) is 3.68. The maximum absolute atomic E-state index is 13.0. The van der Waals surface area contributed by atoms with Gasteiger partial charge in [-0.3, -0.25) is 9.59 Å². The second-order valence-corrected chi connectivity index (χ2v) is 8.33. The molecule has 0 bridgehead atoms. The van der Waals surface area contributed by atoms with Crippen molar-refractivity contribution in [2.75, 3.05) is 34.0 Å². The Labute approximate surface area is 182 Å². The van der Waals surface area contributed by atoms with Gasteiger partial charge in [0.1, 0.15) is 5.76 Å². The van der Waals surface area contributed by atoms with Gasteiger partial charge in [0, 0.05) is 23.1 Å². The third-order valence-electron chi connectivity index (χ3n) is 5.14. The Morgan fingerprint density at radius 2 is 1.93 bits per heavy atom. The number of carbonyl (C=O) groups is 2. The summed E-state index contributed by atoms with van der Waals surface area (Å²) in [5, 5.41) is 11.1. The minimum absolute atomic E-state index is 0.0655. The minimum Gasteiger partial charge on any atom is -0.507 e. The van der Waals surface area contributed by atoms with Crippen molar-refractivity contribution >= 4 is 33.4 Å². The number of aliphatic hydroxyl groups is 1. The Balaban J connectivity index is 1.83. The summed E-state index contributed by atoms with van der Waals surface area (Å²) >= 11 is 3.45. The summed E-state index contributed by atoms with van der Waals surface area (Å²) in [7, 11) is 3.80. The molecule has 0 saturated carbocycles. The van der Waals surface area contributed by atoms with Crippen LogP contribution < -0.4 is 9.47 Å². The molecule has 7 nitrogen and oxygen atoms in total. The van der Waals surface area contributed by atoms with Crippen LogP contribution in [0.15, 0.2) is 52.5 Å². The van der Waals surface area contributed by atoms with Gasteiger partial charge in [-0.2, -0.15) is 0 Å². The Morgan fingerprint density at radius 1 is 1.17 bits per heavy atom. The van der Waals surface area contributed by atoms with Gasteiger partial charge in [-0.25, -0.2) is 0 Å². The van der Waals surface area contributed by atoms with Crippen LogP contribution in [0.1, 0.15) is 17.2 Å². The van der Waals surface area contributed by atoms with Gasteiger partial charge < -0.3 is 24.4 Å². The van der Waals surface area contributed by atoms with Crippen molar-refractivity contribution in [3.63, 3.8) is 0 Å². The number of rotatable bonds is 5. The fraction of sp³-hybridized carbons (Fsp3) is 0.273. The predicted octanol–water partition coefficient (Wildman–Crippen LogP) is 3.16. The quantitative estimate of drug-likeness (QED) is 0.409. The number of halogens is 1. The first-order valence-corrected chi connectivity index (χ1v) is 10.2. The van der Waals surface area contributed by atoms with Crippen LogP contribution in [0.3, 0.4) is 0 Å². The van der Waals surface area contributed by atoms with Gasteiger partial charge in [0.25, 0.3) is 11.7 Å². The molecule has 30 heavy (non-hydrogen) atoms. The molecule has 2 aromatic rings. The van der Waals surface area contributed by atoms with E-state index in [2.05, 4.69) is 15.9 Å². The fourth-order valence-corrected chi connectivity index (χ4v) is 4.06. The summed E-state index contributed by atoms with van der Waals surface area (Å²) in [6, 6.07) is 11.7. The predicted molar refractivity (Wildman–Crippen MR) is 114 cm³/mol. The van der Waals surface area contributed by atoms with Gasteiger partial charge in [0.15, 0.2) is 11.5 Å². The van der Waals surface area contributed by atoms with E-state index in [9.17, 15) is 14.7 Å². The van der Waals surface area contributed by atoms with E-state index in [0.29, 0.717) is 30.2 Å². The first kappa shape index (κ1) is 20.4. The number of hydrogen-bond acceptors (Lipinski definition) is 6. The average Bonchev–Trinajstić information content (AvgIpc) is 3.28. The van der Waals surface area contributed by atoms with E-state index in [1.54, 1.807) is 18.2 Å². The van der Waals surface area contributed by atoms with E-state index in [-0.39, 0.29) is 18.1 Å². The number of fused-ring (bicyclic) bond motifs is 1. The number of likely N-dealkylation sites (tertiary alicyclic amines) is 1. The van der Waals surface area contributed by atoms with Crippen LogP contribution in [0.25, 0.3) is 5.76 Å². The Hall–Kier alpha value is -2.84. The summed E-state index contributed by atoms with van der Waals surface area (Å²) in [5.74, 6) is -0.497. The standard InChI is InChI=1S/C22H21BrN2O5/c1-24(2)8-9-25-19(13-4-3-5-15(23)10-13)18(21(27)22(25)28)20(26)14-6-7-16-17(11-14)30-12-29-16/h3-7,10-11,19,26H,8-9,12H2,1-2H3/t19-/m1/s1. The highest BCUT2D eigenvalue weighted by Gasteiger charge is 2.46. The molecule has 2 aliphatic rings. The van der Waals surface area contributed by atoms with Gasteiger partial charge >= 0.3 is 0 Å². The molecular weight excluding hydrogens is 452 g/mol. The summed E-state index contributed by atoms with van der Waals surface area (Å²) < 4.78 is 11.5. The van der Waals surface area contributed by atoms with Crippen molar-refractivity contribution in [1.82, 2.24) is 9.80 Å². The summed E-state index contributed by atoms with van der Waals surface area (Å²) in [5.41, 5.74) is 1.20. The number of aliphatic hydroxyl groups excluding tert-OH is 1. The van der Waals surface area contributed by atoms with E-state index < -0.39 is 17.7 Å². The third-order valence-corrected chi connectivity index (χ3v) is 5.63. The molecular formula is C22H21BrN2O5. The lowest BCUT2D eigenvalue weighted by atomic mass is 9.95. The molecule has 1 atom stereocenters.